The monoisotopic (exact) mass is 281 g/mol. The van der Waals surface area contributed by atoms with E-state index in [9.17, 15) is 4.79 Å². The third-order valence-corrected chi connectivity index (χ3v) is 3.08. The molecule has 1 rings (SSSR count). The number of hydrogen-bond acceptors (Lipinski definition) is 5. The molecule has 0 aromatic heterocycles. The molecule has 0 unspecified atom stereocenters. The van der Waals surface area contributed by atoms with Crippen LogP contribution in [-0.2, 0) is 9.47 Å². The van der Waals surface area contributed by atoms with Gasteiger partial charge in [-0.1, -0.05) is 6.07 Å². The number of hydrogen-bond donors (Lipinski definition) is 1. The van der Waals surface area contributed by atoms with Gasteiger partial charge in [-0.05, 0) is 32.9 Å². The fraction of sp³-hybridized carbons (Fsp3) is 0.533. The van der Waals surface area contributed by atoms with Crippen molar-refractivity contribution in [2.24, 2.45) is 0 Å². The average molecular weight is 281 g/mol. The number of esters is 1. The van der Waals surface area contributed by atoms with E-state index in [1.54, 1.807) is 32.2 Å². The van der Waals surface area contributed by atoms with Gasteiger partial charge in [0.15, 0.2) is 0 Å². The van der Waals surface area contributed by atoms with E-state index in [4.69, 9.17) is 19.9 Å². The fourth-order valence-corrected chi connectivity index (χ4v) is 1.57. The van der Waals surface area contributed by atoms with Gasteiger partial charge in [0.25, 0.3) is 0 Å². The number of rotatable bonds is 7. The minimum absolute atomic E-state index is 0.256. The second-order valence-corrected chi connectivity index (χ2v) is 5.00. The second-order valence-electron chi connectivity index (χ2n) is 5.00. The number of para-hydroxylation sites is 1. The van der Waals surface area contributed by atoms with Gasteiger partial charge in [0.05, 0.1) is 30.1 Å². The Bertz CT molecular complexity index is 457. The summed E-state index contributed by atoms with van der Waals surface area (Å²) in [4.78, 5) is 11.7. The van der Waals surface area contributed by atoms with Crippen molar-refractivity contribution in [3.63, 3.8) is 0 Å². The van der Waals surface area contributed by atoms with Gasteiger partial charge in [-0.15, -0.1) is 0 Å². The van der Waals surface area contributed by atoms with Crippen LogP contribution in [0, 0.1) is 0 Å². The van der Waals surface area contributed by atoms with Gasteiger partial charge < -0.3 is 19.9 Å². The van der Waals surface area contributed by atoms with Crippen molar-refractivity contribution in [1.29, 1.82) is 0 Å². The molecule has 0 amide bonds. The van der Waals surface area contributed by atoms with Crippen LogP contribution in [0.1, 0.15) is 37.6 Å². The van der Waals surface area contributed by atoms with Crippen molar-refractivity contribution in [2.75, 3.05) is 26.1 Å². The number of benzene rings is 1. The molecular weight excluding hydrogens is 258 g/mol. The Morgan fingerprint density at radius 1 is 1.35 bits per heavy atom. The molecular formula is C15H23NO4. The Morgan fingerprint density at radius 2 is 2.05 bits per heavy atom. The first kappa shape index (κ1) is 16.3. The van der Waals surface area contributed by atoms with Crippen LogP contribution in [0.5, 0.6) is 5.75 Å². The van der Waals surface area contributed by atoms with Crippen molar-refractivity contribution in [1.82, 2.24) is 0 Å². The normalized spacial score (nSPS) is 11.2. The molecule has 0 aliphatic rings. The highest BCUT2D eigenvalue weighted by Crippen LogP contribution is 2.26. The lowest BCUT2D eigenvalue weighted by Gasteiger charge is -2.23. The molecule has 0 bridgehead atoms. The van der Waals surface area contributed by atoms with Gasteiger partial charge in [-0.2, -0.15) is 0 Å². The van der Waals surface area contributed by atoms with Crippen LogP contribution in [0.3, 0.4) is 0 Å². The minimum Gasteiger partial charge on any atom is -0.491 e. The SMILES string of the molecule is CCOC(=O)c1cccc(OCCC(C)(C)OC)c1N. The third-order valence-electron chi connectivity index (χ3n) is 3.08. The van der Waals surface area contributed by atoms with Gasteiger partial charge in [0.2, 0.25) is 0 Å². The highest BCUT2D eigenvalue weighted by molar-refractivity contribution is 5.96. The van der Waals surface area contributed by atoms with E-state index in [1.807, 2.05) is 13.8 Å². The Kier molecular flexibility index (Phi) is 5.82. The first-order valence-electron chi connectivity index (χ1n) is 6.65. The Balaban J connectivity index is 2.72. The Labute approximate surface area is 120 Å². The lowest BCUT2D eigenvalue weighted by molar-refractivity contribution is 0.00548. The predicted octanol–water partition coefficient (Wildman–Crippen LogP) is 2.64. The van der Waals surface area contributed by atoms with Gasteiger partial charge >= 0.3 is 5.97 Å². The molecule has 2 N–H and O–H groups in total. The molecule has 0 radical (unpaired) electrons. The van der Waals surface area contributed by atoms with Crippen LogP contribution in [-0.4, -0.2) is 31.9 Å². The number of methoxy groups -OCH3 is 1. The zero-order valence-electron chi connectivity index (χ0n) is 12.6. The highest BCUT2D eigenvalue weighted by atomic mass is 16.5. The summed E-state index contributed by atoms with van der Waals surface area (Å²) in [6.45, 7) is 6.48. The van der Waals surface area contributed by atoms with E-state index in [0.29, 0.717) is 36.6 Å². The average Bonchev–Trinajstić information content (AvgIpc) is 2.41. The quantitative estimate of drug-likeness (QED) is 0.614. The van der Waals surface area contributed by atoms with Crippen molar-refractivity contribution in [3.8, 4) is 5.75 Å². The fourth-order valence-electron chi connectivity index (χ4n) is 1.57. The predicted molar refractivity (Wildman–Crippen MR) is 78.0 cm³/mol. The van der Waals surface area contributed by atoms with E-state index in [-0.39, 0.29) is 5.60 Å². The topological polar surface area (TPSA) is 70.8 Å². The van der Waals surface area contributed by atoms with E-state index >= 15 is 0 Å². The maximum atomic E-state index is 11.7. The third kappa shape index (κ3) is 4.42. The van der Waals surface area contributed by atoms with Crippen molar-refractivity contribution in [2.45, 2.75) is 32.8 Å². The molecule has 0 spiro atoms. The van der Waals surface area contributed by atoms with Gasteiger partial charge in [0, 0.05) is 13.5 Å². The smallest absolute Gasteiger partial charge is 0.340 e. The standard InChI is InChI=1S/C15H23NO4/c1-5-19-14(17)11-7-6-8-12(13(11)16)20-10-9-15(2,3)18-4/h6-8H,5,9-10,16H2,1-4H3. The van der Waals surface area contributed by atoms with Crippen LogP contribution in [0.15, 0.2) is 18.2 Å². The lowest BCUT2D eigenvalue weighted by Crippen LogP contribution is -2.25. The second kappa shape index (κ2) is 7.14. The molecule has 5 nitrogen and oxygen atoms in total. The number of carbonyl (C=O) groups is 1. The number of nitrogen functional groups attached to an aromatic ring is 1. The molecule has 0 heterocycles. The van der Waals surface area contributed by atoms with Crippen LogP contribution in [0.4, 0.5) is 5.69 Å². The molecule has 5 heteroatoms. The molecule has 0 fully saturated rings. The maximum absolute atomic E-state index is 11.7. The van der Waals surface area contributed by atoms with Crippen LogP contribution in [0.25, 0.3) is 0 Å². The van der Waals surface area contributed by atoms with E-state index in [0.717, 1.165) is 0 Å². The number of anilines is 1. The molecule has 0 saturated carbocycles. The highest BCUT2D eigenvalue weighted by Gasteiger charge is 2.18. The summed E-state index contributed by atoms with van der Waals surface area (Å²) >= 11 is 0. The first-order chi connectivity index (χ1) is 9.41. The summed E-state index contributed by atoms with van der Waals surface area (Å²) < 4.78 is 15.9. The molecule has 0 aliphatic heterocycles. The van der Waals surface area contributed by atoms with Crippen LogP contribution < -0.4 is 10.5 Å². The molecule has 0 saturated heterocycles. The Morgan fingerprint density at radius 3 is 2.65 bits per heavy atom. The van der Waals surface area contributed by atoms with Crippen LogP contribution in [0.2, 0.25) is 0 Å². The number of carbonyl (C=O) groups excluding carboxylic acids is 1. The molecule has 0 aliphatic carbocycles. The molecule has 1 aromatic carbocycles. The summed E-state index contributed by atoms with van der Waals surface area (Å²) in [5.74, 6) is 0.0510. The van der Waals surface area contributed by atoms with Gasteiger partial charge in [-0.25, -0.2) is 4.79 Å². The van der Waals surface area contributed by atoms with Crippen molar-refractivity contribution in [3.05, 3.63) is 23.8 Å². The Hall–Kier alpha value is -1.75. The maximum Gasteiger partial charge on any atom is 0.340 e. The van der Waals surface area contributed by atoms with E-state index in [1.165, 1.54) is 0 Å². The largest absolute Gasteiger partial charge is 0.491 e. The van der Waals surface area contributed by atoms with Gasteiger partial charge in [0.1, 0.15) is 5.75 Å². The van der Waals surface area contributed by atoms with Crippen LogP contribution >= 0.6 is 0 Å². The van der Waals surface area contributed by atoms with E-state index in [2.05, 4.69) is 0 Å². The summed E-state index contributed by atoms with van der Waals surface area (Å²) in [6, 6.07) is 5.08. The summed E-state index contributed by atoms with van der Waals surface area (Å²) in [7, 11) is 1.66. The zero-order chi connectivity index (χ0) is 15.2. The van der Waals surface area contributed by atoms with Crippen molar-refractivity contribution >= 4 is 11.7 Å². The molecule has 112 valence electrons. The molecule has 1 aromatic rings. The van der Waals surface area contributed by atoms with Gasteiger partial charge in [-0.3, -0.25) is 0 Å². The number of nitrogens with two attached hydrogens (primary N) is 1. The zero-order valence-corrected chi connectivity index (χ0v) is 12.6. The summed E-state index contributed by atoms with van der Waals surface area (Å²) in [5.41, 5.74) is 6.32. The first-order valence-corrected chi connectivity index (χ1v) is 6.65. The van der Waals surface area contributed by atoms with E-state index < -0.39 is 5.97 Å². The molecule has 20 heavy (non-hydrogen) atoms. The van der Waals surface area contributed by atoms with Crippen molar-refractivity contribution < 1.29 is 19.0 Å². The molecule has 0 atom stereocenters. The number of ether oxygens (including phenoxy) is 3. The minimum atomic E-state index is -0.437. The summed E-state index contributed by atoms with van der Waals surface area (Å²) in [6.07, 6.45) is 0.715. The lowest BCUT2D eigenvalue weighted by atomic mass is 10.1. The summed E-state index contributed by atoms with van der Waals surface area (Å²) in [5, 5.41) is 0.